The second-order valence-corrected chi connectivity index (χ2v) is 9.49. The minimum Gasteiger partial charge on any atom is -0.457 e. The van der Waals surface area contributed by atoms with Gasteiger partial charge in [-0.3, -0.25) is 14.5 Å². The van der Waals surface area contributed by atoms with Crippen molar-refractivity contribution in [3.63, 3.8) is 0 Å². The van der Waals surface area contributed by atoms with Crippen molar-refractivity contribution < 1.29 is 14.3 Å². The molecule has 2 amide bonds. The van der Waals surface area contributed by atoms with Gasteiger partial charge in [-0.15, -0.1) is 0 Å². The molecule has 2 aliphatic heterocycles. The third kappa shape index (κ3) is 5.51. The van der Waals surface area contributed by atoms with Crippen LogP contribution in [0.2, 0.25) is 0 Å². The lowest BCUT2D eigenvalue weighted by atomic mass is 10.1. The molecule has 1 unspecified atom stereocenters. The number of carbonyl (C=O) groups is 2. The van der Waals surface area contributed by atoms with Crippen molar-refractivity contribution >= 4 is 17.6 Å². The lowest BCUT2D eigenvalue weighted by molar-refractivity contribution is -0.125. The van der Waals surface area contributed by atoms with E-state index in [1.807, 2.05) is 60.7 Å². The van der Waals surface area contributed by atoms with E-state index in [-0.39, 0.29) is 23.3 Å². The van der Waals surface area contributed by atoms with E-state index < -0.39 is 5.91 Å². The molecule has 1 aromatic heterocycles. The van der Waals surface area contributed by atoms with Crippen molar-refractivity contribution in [3.05, 3.63) is 72.3 Å². The second kappa shape index (κ2) is 10.9. The molecule has 5 rings (SSSR count). The van der Waals surface area contributed by atoms with E-state index in [0.717, 1.165) is 25.4 Å². The van der Waals surface area contributed by atoms with Crippen LogP contribution in [0.4, 0.5) is 5.82 Å². The molecule has 37 heavy (non-hydrogen) atoms. The summed E-state index contributed by atoms with van der Waals surface area (Å²) in [4.78, 5) is 29.2. The first-order valence-corrected chi connectivity index (χ1v) is 12.7. The van der Waals surface area contributed by atoms with Crippen molar-refractivity contribution in [2.24, 2.45) is 5.73 Å². The highest BCUT2D eigenvalue weighted by molar-refractivity contribution is 6.03. The van der Waals surface area contributed by atoms with E-state index >= 15 is 0 Å². The number of nitrogen functional groups attached to an aromatic ring is 1. The van der Waals surface area contributed by atoms with E-state index in [0.29, 0.717) is 36.5 Å². The van der Waals surface area contributed by atoms with Crippen LogP contribution in [0, 0.1) is 0 Å². The minimum absolute atomic E-state index is 0.0169. The average Bonchev–Trinajstić information content (AvgIpc) is 3.65. The van der Waals surface area contributed by atoms with E-state index in [9.17, 15) is 9.59 Å². The Morgan fingerprint density at radius 1 is 1.00 bits per heavy atom. The van der Waals surface area contributed by atoms with Gasteiger partial charge in [-0.1, -0.05) is 24.3 Å². The Balaban J connectivity index is 1.30. The zero-order valence-corrected chi connectivity index (χ0v) is 20.8. The summed E-state index contributed by atoms with van der Waals surface area (Å²) in [7, 11) is 0. The maximum Gasteiger partial charge on any atom is 0.254 e. The van der Waals surface area contributed by atoms with Crippen molar-refractivity contribution in [1.29, 1.82) is 0 Å². The number of hydrogen-bond donors (Lipinski definition) is 2. The summed E-state index contributed by atoms with van der Waals surface area (Å²) >= 11 is 0. The fraction of sp³-hybridized carbons (Fsp3) is 0.321. The second-order valence-electron chi connectivity index (χ2n) is 9.49. The number of para-hydroxylation sites is 1. The molecule has 2 fully saturated rings. The van der Waals surface area contributed by atoms with Crippen molar-refractivity contribution in [2.75, 3.05) is 38.5 Å². The SMILES string of the molecule is NC(=O)c1c(-c2ccc(Oc3ccccc3)cc2)nn(C2CCN(C(=O)C=CCN3CCCC3)C2)c1N. The molecule has 3 aromatic rings. The Bertz CT molecular complexity index is 1280. The Morgan fingerprint density at radius 2 is 1.70 bits per heavy atom. The summed E-state index contributed by atoms with van der Waals surface area (Å²) in [6, 6.07) is 16.6. The number of hydrogen-bond acceptors (Lipinski definition) is 6. The quantitative estimate of drug-likeness (QED) is 0.457. The van der Waals surface area contributed by atoms with Crippen LogP contribution in [-0.4, -0.2) is 64.1 Å². The maximum atomic E-state index is 12.7. The number of primary amides is 1. The molecule has 2 aromatic carbocycles. The lowest BCUT2D eigenvalue weighted by Gasteiger charge is -2.16. The molecule has 1 atom stereocenters. The van der Waals surface area contributed by atoms with Gasteiger partial charge in [0.2, 0.25) is 5.91 Å². The molecule has 9 nitrogen and oxygen atoms in total. The van der Waals surface area contributed by atoms with E-state index in [4.69, 9.17) is 21.3 Å². The van der Waals surface area contributed by atoms with Crippen molar-refractivity contribution in [1.82, 2.24) is 19.6 Å². The van der Waals surface area contributed by atoms with Gasteiger partial charge in [0.15, 0.2) is 0 Å². The summed E-state index contributed by atoms with van der Waals surface area (Å²) in [6.07, 6.45) is 6.74. The first kappa shape index (κ1) is 24.6. The fourth-order valence-electron chi connectivity index (χ4n) is 4.99. The Morgan fingerprint density at radius 3 is 2.41 bits per heavy atom. The Labute approximate surface area is 216 Å². The fourth-order valence-corrected chi connectivity index (χ4v) is 4.99. The van der Waals surface area contributed by atoms with Gasteiger partial charge in [0.25, 0.3) is 5.91 Å². The topological polar surface area (TPSA) is 120 Å². The summed E-state index contributed by atoms with van der Waals surface area (Å²) in [5.41, 5.74) is 13.4. The van der Waals surface area contributed by atoms with Crippen LogP contribution < -0.4 is 16.2 Å². The zero-order valence-electron chi connectivity index (χ0n) is 20.8. The number of anilines is 1. The van der Waals surface area contributed by atoms with Crippen LogP contribution >= 0.6 is 0 Å². The van der Waals surface area contributed by atoms with E-state index in [1.165, 1.54) is 12.8 Å². The summed E-state index contributed by atoms with van der Waals surface area (Å²) in [6.45, 7) is 4.06. The maximum absolute atomic E-state index is 12.7. The third-order valence-electron chi connectivity index (χ3n) is 6.94. The smallest absolute Gasteiger partial charge is 0.254 e. The largest absolute Gasteiger partial charge is 0.457 e. The summed E-state index contributed by atoms with van der Waals surface area (Å²) < 4.78 is 7.50. The molecule has 9 heteroatoms. The molecular weight excluding hydrogens is 468 g/mol. The normalized spacial score (nSPS) is 18.1. The average molecular weight is 501 g/mol. The zero-order chi connectivity index (χ0) is 25.8. The molecule has 4 N–H and O–H groups in total. The molecule has 0 spiro atoms. The van der Waals surface area contributed by atoms with Crippen LogP contribution in [0.5, 0.6) is 11.5 Å². The number of likely N-dealkylation sites (tertiary alicyclic amines) is 2. The van der Waals surface area contributed by atoms with Gasteiger partial charge < -0.3 is 21.1 Å². The molecule has 192 valence electrons. The number of amides is 2. The predicted molar refractivity (Wildman–Crippen MR) is 142 cm³/mol. The molecule has 0 saturated carbocycles. The number of carbonyl (C=O) groups excluding carboxylic acids is 2. The number of ether oxygens (including phenoxy) is 1. The van der Waals surface area contributed by atoms with Crippen molar-refractivity contribution in [2.45, 2.75) is 25.3 Å². The minimum atomic E-state index is -0.640. The van der Waals surface area contributed by atoms with Gasteiger partial charge in [-0.05, 0) is 68.8 Å². The van der Waals surface area contributed by atoms with E-state index in [1.54, 1.807) is 15.7 Å². The number of aromatic nitrogens is 2. The van der Waals surface area contributed by atoms with Gasteiger partial charge in [0.05, 0.1) is 6.04 Å². The van der Waals surface area contributed by atoms with Crippen LogP contribution in [0.25, 0.3) is 11.3 Å². The van der Waals surface area contributed by atoms with Crippen LogP contribution in [0.3, 0.4) is 0 Å². The first-order chi connectivity index (χ1) is 18.0. The molecule has 0 radical (unpaired) electrons. The van der Waals surface area contributed by atoms with Crippen molar-refractivity contribution in [3.8, 4) is 22.8 Å². The Kier molecular flexibility index (Phi) is 7.23. The van der Waals surface area contributed by atoms with Crippen LogP contribution in [-0.2, 0) is 4.79 Å². The van der Waals surface area contributed by atoms with E-state index in [2.05, 4.69) is 4.90 Å². The van der Waals surface area contributed by atoms with Gasteiger partial charge >= 0.3 is 0 Å². The number of nitrogens with zero attached hydrogens (tertiary/aromatic N) is 4. The lowest BCUT2D eigenvalue weighted by Crippen LogP contribution is -2.28. The highest BCUT2D eigenvalue weighted by Crippen LogP contribution is 2.33. The molecule has 0 aliphatic carbocycles. The third-order valence-corrected chi connectivity index (χ3v) is 6.94. The highest BCUT2D eigenvalue weighted by atomic mass is 16.5. The molecule has 2 saturated heterocycles. The van der Waals surface area contributed by atoms with Crippen LogP contribution in [0.1, 0.15) is 35.7 Å². The van der Waals surface area contributed by atoms with Gasteiger partial charge in [-0.25, -0.2) is 4.68 Å². The van der Waals surface area contributed by atoms with Gasteiger partial charge in [-0.2, -0.15) is 5.10 Å². The summed E-state index contributed by atoms with van der Waals surface area (Å²) in [5.74, 6) is 0.949. The Hall–Kier alpha value is -4.11. The van der Waals surface area contributed by atoms with Gasteiger partial charge in [0.1, 0.15) is 28.6 Å². The molecule has 3 heterocycles. The van der Waals surface area contributed by atoms with Crippen LogP contribution in [0.15, 0.2) is 66.7 Å². The predicted octanol–water partition coefficient (Wildman–Crippen LogP) is 3.45. The standard InChI is InChI=1S/C28H32N6O3/c29-27-25(28(30)36)26(20-10-12-23(13-11-20)37-22-7-2-1-3-8-22)31-34(27)21-14-18-33(19-21)24(35)9-6-17-32-15-4-5-16-32/h1-3,6-13,21H,4-5,14-19,29H2,(H2,30,36). The first-order valence-electron chi connectivity index (χ1n) is 12.7. The number of nitrogens with two attached hydrogens (primary N) is 2. The number of benzene rings is 2. The summed E-state index contributed by atoms with van der Waals surface area (Å²) in [5, 5.41) is 4.69. The number of rotatable bonds is 8. The molecular formula is C28H32N6O3. The molecule has 0 bridgehead atoms. The molecule has 2 aliphatic rings. The monoisotopic (exact) mass is 500 g/mol. The van der Waals surface area contributed by atoms with Gasteiger partial charge in [0, 0.05) is 31.3 Å². The highest BCUT2D eigenvalue weighted by Gasteiger charge is 2.31.